The Balaban J connectivity index is 0.000000791. The SMILES string of the molecule is C=CC1=C(/C=C\C)CN(C)C1=O.CC. The Morgan fingerprint density at radius 2 is 2.00 bits per heavy atom. The summed E-state index contributed by atoms with van der Waals surface area (Å²) in [5, 5.41) is 0. The largest absolute Gasteiger partial charge is 0.337 e. The van der Waals surface area contributed by atoms with Crippen LogP contribution in [-0.2, 0) is 4.79 Å². The van der Waals surface area contributed by atoms with Crippen LogP contribution in [0.15, 0.2) is 36.0 Å². The summed E-state index contributed by atoms with van der Waals surface area (Å²) in [7, 11) is 1.79. The second kappa shape index (κ2) is 6.19. The Bertz CT molecular complexity index is 274. The first-order valence-electron chi connectivity index (χ1n) is 4.94. The first-order valence-corrected chi connectivity index (χ1v) is 4.94. The first-order chi connectivity index (χ1) is 6.70. The average Bonchev–Trinajstić information content (AvgIpc) is 2.46. The second-order valence-electron chi connectivity index (χ2n) is 2.80. The number of nitrogens with zero attached hydrogens (tertiary/aromatic N) is 1. The van der Waals surface area contributed by atoms with E-state index >= 15 is 0 Å². The van der Waals surface area contributed by atoms with E-state index in [0.717, 1.165) is 11.1 Å². The number of rotatable bonds is 2. The molecule has 0 atom stereocenters. The van der Waals surface area contributed by atoms with Crippen LogP contribution in [0.25, 0.3) is 0 Å². The molecular weight excluding hydrogens is 174 g/mol. The molecule has 0 spiro atoms. The number of likely N-dealkylation sites (N-methyl/N-ethyl adjacent to an activating group) is 1. The molecule has 14 heavy (non-hydrogen) atoms. The van der Waals surface area contributed by atoms with Crippen molar-refractivity contribution in [3.63, 3.8) is 0 Å². The van der Waals surface area contributed by atoms with Crippen LogP contribution in [0.1, 0.15) is 20.8 Å². The van der Waals surface area contributed by atoms with Crippen molar-refractivity contribution in [3.8, 4) is 0 Å². The van der Waals surface area contributed by atoms with Gasteiger partial charge in [0.05, 0.1) is 0 Å². The van der Waals surface area contributed by atoms with Gasteiger partial charge in [-0.25, -0.2) is 0 Å². The van der Waals surface area contributed by atoms with Crippen molar-refractivity contribution < 1.29 is 4.79 Å². The van der Waals surface area contributed by atoms with Crippen LogP contribution in [0.3, 0.4) is 0 Å². The molecule has 0 aromatic rings. The highest BCUT2D eigenvalue weighted by molar-refractivity contribution is 6.00. The van der Waals surface area contributed by atoms with E-state index in [0.29, 0.717) is 6.54 Å². The number of hydrogen-bond donors (Lipinski definition) is 0. The van der Waals surface area contributed by atoms with E-state index < -0.39 is 0 Å². The van der Waals surface area contributed by atoms with Gasteiger partial charge in [-0.3, -0.25) is 4.79 Å². The molecule has 0 radical (unpaired) electrons. The van der Waals surface area contributed by atoms with E-state index in [1.807, 2.05) is 32.9 Å². The third kappa shape index (κ3) is 2.59. The van der Waals surface area contributed by atoms with Crippen LogP contribution in [0.2, 0.25) is 0 Å². The quantitative estimate of drug-likeness (QED) is 0.660. The lowest BCUT2D eigenvalue weighted by Crippen LogP contribution is -2.21. The number of hydrogen-bond acceptors (Lipinski definition) is 1. The van der Waals surface area contributed by atoms with Crippen molar-refractivity contribution in [3.05, 3.63) is 36.0 Å². The van der Waals surface area contributed by atoms with Crippen LogP contribution < -0.4 is 0 Å². The Kier molecular flexibility index (Phi) is 5.61. The standard InChI is InChI=1S/C10H13NO.C2H6/c1-4-6-8-7-11(3)10(12)9(8)5-2;1-2/h4-6H,2,7H2,1,3H3;1-2H3/b6-4-;. The van der Waals surface area contributed by atoms with Crippen molar-refractivity contribution in [2.75, 3.05) is 13.6 Å². The monoisotopic (exact) mass is 193 g/mol. The van der Waals surface area contributed by atoms with Gasteiger partial charge in [0.1, 0.15) is 0 Å². The minimum Gasteiger partial charge on any atom is -0.337 e. The van der Waals surface area contributed by atoms with E-state index in [1.54, 1.807) is 18.0 Å². The summed E-state index contributed by atoms with van der Waals surface area (Å²) in [6, 6.07) is 0. The van der Waals surface area contributed by atoms with Crippen molar-refractivity contribution in [2.45, 2.75) is 20.8 Å². The summed E-state index contributed by atoms with van der Waals surface area (Å²) >= 11 is 0. The minimum absolute atomic E-state index is 0.0677. The molecule has 0 fully saturated rings. The predicted molar refractivity (Wildman–Crippen MR) is 61.0 cm³/mol. The predicted octanol–water partition coefficient (Wildman–Crippen LogP) is 2.54. The van der Waals surface area contributed by atoms with Crippen molar-refractivity contribution in [1.82, 2.24) is 4.90 Å². The zero-order valence-corrected chi connectivity index (χ0v) is 9.50. The fourth-order valence-corrected chi connectivity index (χ4v) is 1.32. The fraction of sp³-hybridized carbons (Fsp3) is 0.417. The molecule has 2 heteroatoms. The van der Waals surface area contributed by atoms with Gasteiger partial charge in [-0.2, -0.15) is 0 Å². The van der Waals surface area contributed by atoms with E-state index in [9.17, 15) is 4.79 Å². The summed E-state index contributed by atoms with van der Waals surface area (Å²) in [5.74, 6) is 0.0677. The highest BCUT2D eigenvalue weighted by Crippen LogP contribution is 2.19. The molecule has 1 amide bonds. The maximum absolute atomic E-state index is 11.4. The maximum atomic E-state index is 11.4. The maximum Gasteiger partial charge on any atom is 0.254 e. The molecule has 0 bridgehead atoms. The molecule has 0 unspecified atom stereocenters. The van der Waals surface area contributed by atoms with E-state index in [2.05, 4.69) is 6.58 Å². The molecule has 0 saturated carbocycles. The Hall–Kier alpha value is -1.31. The van der Waals surface area contributed by atoms with Gasteiger partial charge in [0.25, 0.3) is 5.91 Å². The molecule has 1 aliphatic rings. The molecule has 1 rings (SSSR count). The number of carbonyl (C=O) groups is 1. The van der Waals surface area contributed by atoms with Crippen LogP contribution in [-0.4, -0.2) is 24.4 Å². The Morgan fingerprint density at radius 3 is 2.43 bits per heavy atom. The van der Waals surface area contributed by atoms with Gasteiger partial charge < -0.3 is 4.90 Å². The minimum atomic E-state index is 0.0677. The molecule has 2 nitrogen and oxygen atoms in total. The second-order valence-corrected chi connectivity index (χ2v) is 2.80. The third-order valence-electron chi connectivity index (χ3n) is 1.90. The normalized spacial score (nSPS) is 16.0. The van der Waals surface area contributed by atoms with Gasteiger partial charge in [-0.15, -0.1) is 0 Å². The lowest BCUT2D eigenvalue weighted by Gasteiger charge is -2.06. The van der Waals surface area contributed by atoms with Crippen LogP contribution >= 0.6 is 0 Å². The van der Waals surface area contributed by atoms with Gasteiger partial charge in [0, 0.05) is 19.2 Å². The molecular formula is C12H19NO. The van der Waals surface area contributed by atoms with Crippen LogP contribution in [0.4, 0.5) is 0 Å². The molecule has 0 saturated heterocycles. The molecule has 78 valence electrons. The Labute approximate surface area is 86.6 Å². The fourth-order valence-electron chi connectivity index (χ4n) is 1.32. The third-order valence-corrected chi connectivity index (χ3v) is 1.90. The summed E-state index contributed by atoms with van der Waals surface area (Å²) in [4.78, 5) is 13.1. The average molecular weight is 193 g/mol. The zero-order chi connectivity index (χ0) is 11.1. The van der Waals surface area contributed by atoms with Gasteiger partial charge in [0.15, 0.2) is 0 Å². The summed E-state index contributed by atoms with van der Waals surface area (Å²) < 4.78 is 0. The molecule has 0 aliphatic carbocycles. The number of carbonyl (C=O) groups excluding carboxylic acids is 1. The van der Waals surface area contributed by atoms with Crippen LogP contribution in [0.5, 0.6) is 0 Å². The zero-order valence-electron chi connectivity index (χ0n) is 9.50. The van der Waals surface area contributed by atoms with Gasteiger partial charge >= 0.3 is 0 Å². The van der Waals surface area contributed by atoms with Gasteiger partial charge in [-0.05, 0) is 12.5 Å². The van der Waals surface area contributed by atoms with E-state index in [-0.39, 0.29) is 5.91 Å². The van der Waals surface area contributed by atoms with Crippen molar-refractivity contribution >= 4 is 5.91 Å². The van der Waals surface area contributed by atoms with Gasteiger partial charge in [-0.1, -0.05) is 38.7 Å². The molecule has 1 heterocycles. The first kappa shape index (κ1) is 12.7. The van der Waals surface area contributed by atoms with E-state index in [4.69, 9.17) is 0 Å². The summed E-state index contributed by atoms with van der Waals surface area (Å²) in [6.07, 6.45) is 5.52. The van der Waals surface area contributed by atoms with E-state index in [1.165, 1.54) is 0 Å². The molecule has 0 aromatic carbocycles. The lowest BCUT2D eigenvalue weighted by atomic mass is 10.1. The Morgan fingerprint density at radius 1 is 1.43 bits per heavy atom. The summed E-state index contributed by atoms with van der Waals surface area (Å²) in [5.41, 5.74) is 1.79. The van der Waals surface area contributed by atoms with Crippen molar-refractivity contribution in [2.24, 2.45) is 0 Å². The van der Waals surface area contributed by atoms with Gasteiger partial charge in [0.2, 0.25) is 0 Å². The molecule has 0 aromatic heterocycles. The topological polar surface area (TPSA) is 20.3 Å². The molecule has 1 aliphatic heterocycles. The number of allylic oxidation sites excluding steroid dienone is 1. The highest BCUT2D eigenvalue weighted by atomic mass is 16.2. The highest BCUT2D eigenvalue weighted by Gasteiger charge is 2.23. The summed E-state index contributed by atoms with van der Waals surface area (Å²) in [6.45, 7) is 10.3. The number of amides is 1. The molecule has 0 N–H and O–H groups in total. The van der Waals surface area contributed by atoms with Crippen molar-refractivity contribution in [1.29, 1.82) is 0 Å². The lowest BCUT2D eigenvalue weighted by molar-refractivity contribution is -0.124. The smallest absolute Gasteiger partial charge is 0.254 e. The van der Waals surface area contributed by atoms with Crippen LogP contribution in [0, 0.1) is 0 Å².